The van der Waals surface area contributed by atoms with Gasteiger partial charge in [-0.25, -0.2) is 4.79 Å². The van der Waals surface area contributed by atoms with Crippen LogP contribution in [-0.2, 0) is 4.79 Å². The molecule has 0 fully saturated rings. The second-order valence-electron chi connectivity index (χ2n) is 3.84. The second-order valence-corrected chi connectivity index (χ2v) is 3.84. The van der Waals surface area contributed by atoms with Gasteiger partial charge in [-0.3, -0.25) is 9.78 Å². The summed E-state index contributed by atoms with van der Waals surface area (Å²) < 4.78 is 0. The van der Waals surface area contributed by atoms with Crippen molar-refractivity contribution >= 4 is 11.9 Å². The number of amides is 1. The minimum Gasteiger partial charge on any atom is -0.480 e. The van der Waals surface area contributed by atoms with Gasteiger partial charge in [0.2, 0.25) is 0 Å². The minimum absolute atomic E-state index is 0.0550. The van der Waals surface area contributed by atoms with Crippen LogP contribution in [0, 0.1) is 17.2 Å². The Balaban J connectivity index is 2.77. The van der Waals surface area contributed by atoms with Crippen molar-refractivity contribution in [2.24, 2.45) is 5.92 Å². The van der Waals surface area contributed by atoms with Crippen LogP contribution in [0.3, 0.4) is 0 Å². The summed E-state index contributed by atoms with van der Waals surface area (Å²) in [5.74, 6) is -2.20. The Morgan fingerprint density at radius 1 is 1.56 bits per heavy atom. The first-order chi connectivity index (χ1) is 8.56. The van der Waals surface area contributed by atoms with Crippen LogP contribution in [0.25, 0.3) is 0 Å². The SMILES string of the molecule is C[C@H](CC#N)[C@H](NC(=O)c1ccccn1)C(=O)O. The van der Waals surface area contributed by atoms with E-state index in [0.29, 0.717) is 0 Å². The number of carbonyl (C=O) groups is 2. The Bertz CT molecular complexity index is 467. The molecule has 1 amide bonds. The zero-order valence-corrected chi connectivity index (χ0v) is 9.83. The number of hydrogen-bond acceptors (Lipinski definition) is 4. The largest absolute Gasteiger partial charge is 0.480 e. The lowest BCUT2D eigenvalue weighted by Crippen LogP contribution is -2.45. The number of carboxylic acids is 1. The number of nitrogens with one attached hydrogen (secondary N) is 1. The van der Waals surface area contributed by atoms with E-state index in [0.717, 1.165) is 0 Å². The van der Waals surface area contributed by atoms with Crippen LogP contribution in [0.2, 0.25) is 0 Å². The van der Waals surface area contributed by atoms with Gasteiger partial charge in [0, 0.05) is 18.5 Å². The standard InChI is InChI=1S/C12H13N3O3/c1-8(5-6-13)10(12(17)18)15-11(16)9-4-2-3-7-14-9/h2-4,7-8,10H,5H2,1H3,(H,15,16)(H,17,18)/t8-,10+/m1/s1. The van der Waals surface area contributed by atoms with E-state index in [1.54, 1.807) is 19.1 Å². The molecule has 6 nitrogen and oxygen atoms in total. The highest BCUT2D eigenvalue weighted by Gasteiger charge is 2.26. The molecule has 0 saturated carbocycles. The Labute approximate surface area is 104 Å². The third-order valence-corrected chi connectivity index (χ3v) is 2.43. The fourth-order valence-electron chi connectivity index (χ4n) is 1.42. The van der Waals surface area contributed by atoms with Gasteiger partial charge in [-0.2, -0.15) is 5.26 Å². The van der Waals surface area contributed by atoms with E-state index in [-0.39, 0.29) is 12.1 Å². The number of rotatable bonds is 5. The summed E-state index contributed by atoms with van der Waals surface area (Å²) in [6.07, 6.45) is 1.50. The maximum absolute atomic E-state index is 11.7. The topological polar surface area (TPSA) is 103 Å². The lowest BCUT2D eigenvalue weighted by atomic mass is 9.99. The highest BCUT2D eigenvalue weighted by atomic mass is 16.4. The third-order valence-electron chi connectivity index (χ3n) is 2.43. The molecule has 0 unspecified atom stereocenters. The van der Waals surface area contributed by atoms with Gasteiger partial charge in [0.15, 0.2) is 0 Å². The van der Waals surface area contributed by atoms with Crippen molar-refractivity contribution in [3.05, 3.63) is 30.1 Å². The quantitative estimate of drug-likeness (QED) is 0.801. The molecule has 0 aliphatic heterocycles. The number of nitriles is 1. The molecular weight excluding hydrogens is 234 g/mol. The van der Waals surface area contributed by atoms with Gasteiger partial charge < -0.3 is 10.4 Å². The van der Waals surface area contributed by atoms with E-state index in [4.69, 9.17) is 10.4 Å². The Morgan fingerprint density at radius 2 is 2.28 bits per heavy atom. The molecule has 2 atom stereocenters. The zero-order chi connectivity index (χ0) is 13.5. The Kier molecular flexibility index (Phi) is 4.81. The smallest absolute Gasteiger partial charge is 0.326 e. The summed E-state index contributed by atoms with van der Waals surface area (Å²) in [6.45, 7) is 1.60. The van der Waals surface area contributed by atoms with Gasteiger partial charge in [0.25, 0.3) is 5.91 Å². The molecule has 1 aromatic rings. The molecule has 0 spiro atoms. The van der Waals surface area contributed by atoms with Crippen molar-refractivity contribution in [1.29, 1.82) is 5.26 Å². The zero-order valence-electron chi connectivity index (χ0n) is 9.83. The molecule has 1 heterocycles. The molecular formula is C12H13N3O3. The average Bonchev–Trinajstić information content (AvgIpc) is 2.36. The Hall–Kier alpha value is -2.42. The van der Waals surface area contributed by atoms with Crippen LogP contribution in [0.1, 0.15) is 23.8 Å². The highest BCUT2D eigenvalue weighted by Crippen LogP contribution is 2.08. The number of carboxylic acid groups (broad SMARTS) is 1. The highest BCUT2D eigenvalue weighted by molar-refractivity contribution is 5.94. The van der Waals surface area contributed by atoms with Gasteiger partial charge in [-0.05, 0) is 12.1 Å². The predicted octanol–water partition coefficient (Wildman–Crippen LogP) is 0.814. The number of pyridine rings is 1. The fourth-order valence-corrected chi connectivity index (χ4v) is 1.42. The maximum Gasteiger partial charge on any atom is 0.326 e. The lowest BCUT2D eigenvalue weighted by molar-refractivity contribution is -0.140. The summed E-state index contributed by atoms with van der Waals surface area (Å²) in [5.41, 5.74) is 0.146. The fraction of sp³-hybridized carbons (Fsp3) is 0.333. The van der Waals surface area contributed by atoms with Crippen LogP contribution in [-0.4, -0.2) is 28.0 Å². The predicted molar refractivity (Wildman–Crippen MR) is 62.5 cm³/mol. The van der Waals surface area contributed by atoms with Crippen LogP contribution in [0.4, 0.5) is 0 Å². The third kappa shape index (κ3) is 3.56. The van der Waals surface area contributed by atoms with E-state index >= 15 is 0 Å². The average molecular weight is 247 g/mol. The first-order valence-corrected chi connectivity index (χ1v) is 5.38. The number of aromatic nitrogens is 1. The van der Waals surface area contributed by atoms with Crippen LogP contribution in [0.5, 0.6) is 0 Å². The number of carbonyl (C=O) groups excluding carboxylic acids is 1. The van der Waals surface area contributed by atoms with Gasteiger partial charge in [-0.15, -0.1) is 0 Å². The number of hydrogen-bond donors (Lipinski definition) is 2. The molecule has 0 radical (unpaired) electrons. The summed E-state index contributed by atoms with van der Waals surface area (Å²) in [7, 11) is 0. The van der Waals surface area contributed by atoms with E-state index in [2.05, 4.69) is 10.3 Å². The lowest BCUT2D eigenvalue weighted by Gasteiger charge is -2.18. The first-order valence-electron chi connectivity index (χ1n) is 5.38. The summed E-state index contributed by atoms with van der Waals surface area (Å²) in [4.78, 5) is 26.6. The number of nitrogens with zero attached hydrogens (tertiary/aromatic N) is 2. The second kappa shape index (κ2) is 6.35. The molecule has 18 heavy (non-hydrogen) atoms. The molecule has 94 valence electrons. The van der Waals surface area contributed by atoms with Crippen molar-refractivity contribution in [2.45, 2.75) is 19.4 Å². The van der Waals surface area contributed by atoms with Gasteiger partial charge in [0.05, 0.1) is 6.07 Å². The summed E-state index contributed by atoms with van der Waals surface area (Å²) >= 11 is 0. The molecule has 2 N–H and O–H groups in total. The van der Waals surface area contributed by atoms with E-state index in [9.17, 15) is 9.59 Å². The Morgan fingerprint density at radius 3 is 2.78 bits per heavy atom. The van der Waals surface area contributed by atoms with Crippen molar-refractivity contribution in [3.63, 3.8) is 0 Å². The van der Waals surface area contributed by atoms with Crippen molar-refractivity contribution in [2.75, 3.05) is 0 Å². The van der Waals surface area contributed by atoms with Crippen molar-refractivity contribution in [3.8, 4) is 6.07 Å². The molecule has 1 aromatic heterocycles. The molecule has 0 aliphatic carbocycles. The van der Waals surface area contributed by atoms with E-state index in [1.807, 2.05) is 6.07 Å². The first kappa shape index (κ1) is 13.6. The molecule has 0 aliphatic rings. The monoisotopic (exact) mass is 247 g/mol. The van der Waals surface area contributed by atoms with Crippen LogP contribution >= 0.6 is 0 Å². The van der Waals surface area contributed by atoms with E-state index < -0.39 is 23.8 Å². The van der Waals surface area contributed by atoms with Crippen LogP contribution < -0.4 is 5.32 Å². The molecule has 1 rings (SSSR count). The summed E-state index contributed by atoms with van der Waals surface area (Å²) in [5, 5.41) is 19.9. The van der Waals surface area contributed by atoms with Crippen molar-refractivity contribution < 1.29 is 14.7 Å². The molecule has 6 heteroatoms. The number of aliphatic carboxylic acids is 1. The molecule has 0 bridgehead atoms. The van der Waals surface area contributed by atoms with Gasteiger partial charge in [-0.1, -0.05) is 13.0 Å². The molecule has 0 aromatic carbocycles. The minimum atomic E-state index is -1.16. The maximum atomic E-state index is 11.7. The van der Waals surface area contributed by atoms with Crippen molar-refractivity contribution in [1.82, 2.24) is 10.3 Å². The summed E-state index contributed by atoms with van der Waals surface area (Å²) in [6, 6.07) is 5.57. The van der Waals surface area contributed by atoms with Gasteiger partial charge in [0.1, 0.15) is 11.7 Å². The van der Waals surface area contributed by atoms with Gasteiger partial charge >= 0.3 is 5.97 Å². The van der Waals surface area contributed by atoms with E-state index in [1.165, 1.54) is 12.3 Å². The normalized spacial score (nSPS) is 13.1. The van der Waals surface area contributed by atoms with Crippen LogP contribution in [0.15, 0.2) is 24.4 Å². The molecule has 0 saturated heterocycles.